The Morgan fingerprint density at radius 2 is 2.10 bits per heavy atom. The van der Waals surface area contributed by atoms with Crippen LogP contribution in [0.4, 0.5) is 5.69 Å². The Morgan fingerprint density at radius 3 is 2.75 bits per heavy atom. The first-order chi connectivity index (χ1) is 9.67. The zero-order chi connectivity index (χ0) is 14.4. The number of rotatable bonds is 5. The summed E-state index contributed by atoms with van der Waals surface area (Å²) >= 11 is 1.24. The van der Waals surface area contributed by atoms with Crippen molar-refractivity contribution in [3.63, 3.8) is 0 Å². The molecule has 0 saturated carbocycles. The van der Waals surface area contributed by atoms with Crippen LogP contribution in [-0.2, 0) is 4.79 Å². The van der Waals surface area contributed by atoms with E-state index in [1.54, 1.807) is 37.4 Å². The molecule has 7 heteroatoms. The lowest BCUT2D eigenvalue weighted by molar-refractivity contribution is -0.113. The molecule has 2 rings (SSSR count). The van der Waals surface area contributed by atoms with E-state index in [0.29, 0.717) is 10.7 Å². The maximum atomic E-state index is 11.8. The topological polar surface area (TPSA) is 84.1 Å². The number of carbonyl (C=O) groups is 1. The molecule has 1 heterocycles. The first-order valence-corrected chi connectivity index (χ1v) is 6.78. The summed E-state index contributed by atoms with van der Waals surface area (Å²) in [5.74, 6) is 0.774. The van der Waals surface area contributed by atoms with Crippen LogP contribution in [0.2, 0.25) is 0 Å². The van der Waals surface area contributed by atoms with Crippen LogP contribution in [0.25, 0.3) is 0 Å². The van der Waals surface area contributed by atoms with Crippen LogP contribution in [-0.4, -0.2) is 28.7 Å². The van der Waals surface area contributed by atoms with Crippen molar-refractivity contribution < 1.29 is 9.53 Å². The van der Waals surface area contributed by atoms with Gasteiger partial charge in [0.1, 0.15) is 5.75 Å². The lowest BCUT2D eigenvalue weighted by Crippen LogP contribution is -2.15. The minimum absolute atomic E-state index is 0.155. The summed E-state index contributed by atoms with van der Waals surface area (Å²) in [5.41, 5.74) is 0.269. The summed E-state index contributed by atoms with van der Waals surface area (Å²) in [5, 5.41) is 3.36. The van der Waals surface area contributed by atoms with Crippen molar-refractivity contribution in [1.82, 2.24) is 9.97 Å². The predicted molar refractivity (Wildman–Crippen MR) is 77.2 cm³/mol. The second kappa shape index (κ2) is 6.76. The predicted octanol–water partition coefficient (Wildman–Crippen LogP) is 1.51. The van der Waals surface area contributed by atoms with Crippen molar-refractivity contribution in [2.75, 3.05) is 18.2 Å². The van der Waals surface area contributed by atoms with Gasteiger partial charge in [-0.15, -0.1) is 0 Å². The summed E-state index contributed by atoms with van der Waals surface area (Å²) in [6.45, 7) is 0. The number of carbonyl (C=O) groups excluding carboxylic acids is 1. The highest BCUT2D eigenvalue weighted by atomic mass is 32.2. The number of aromatic amines is 1. The largest absolute Gasteiger partial charge is 0.497 e. The number of amides is 1. The minimum Gasteiger partial charge on any atom is -0.497 e. The highest BCUT2D eigenvalue weighted by molar-refractivity contribution is 7.99. The number of methoxy groups -OCH3 is 1. The number of hydrogen-bond donors (Lipinski definition) is 2. The summed E-state index contributed by atoms with van der Waals surface area (Å²) in [6.07, 6.45) is 1.41. The molecule has 0 aliphatic rings. The third-order valence-corrected chi connectivity index (χ3v) is 3.34. The number of anilines is 1. The Labute approximate surface area is 119 Å². The molecule has 20 heavy (non-hydrogen) atoms. The molecule has 0 fully saturated rings. The molecule has 2 N–H and O–H groups in total. The van der Waals surface area contributed by atoms with E-state index in [4.69, 9.17) is 4.74 Å². The van der Waals surface area contributed by atoms with E-state index in [-0.39, 0.29) is 11.7 Å². The van der Waals surface area contributed by atoms with Crippen LogP contribution < -0.4 is 15.7 Å². The van der Waals surface area contributed by atoms with Gasteiger partial charge in [-0.25, -0.2) is 9.78 Å². The number of aromatic nitrogens is 2. The van der Waals surface area contributed by atoms with E-state index in [1.807, 2.05) is 0 Å². The molecule has 0 aliphatic carbocycles. The summed E-state index contributed by atoms with van der Waals surface area (Å²) < 4.78 is 5.03. The van der Waals surface area contributed by atoms with Gasteiger partial charge in [0.25, 0.3) is 0 Å². The van der Waals surface area contributed by atoms with Gasteiger partial charge in [-0.05, 0) is 30.3 Å². The van der Waals surface area contributed by atoms with E-state index >= 15 is 0 Å². The Bertz CT molecular complexity index is 640. The lowest BCUT2D eigenvalue weighted by atomic mass is 10.3. The van der Waals surface area contributed by atoms with E-state index in [1.165, 1.54) is 18.0 Å². The van der Waals surface area contributed by atoms with E-state index in [2.05, 4.69) is 15.3 Å². The first kappa shape index (κ1) is 14.1. The number of nitrogens with zero attached hydrogens (tertiary/aromatic N) is 1. The third kappa shape index (κ3) is 4.13. The highest BCUT2D eigenvalue weighted by Gasteiger charge is 2.04. The van der Waals surface area contributed by atoms with Gasteiger partial charge in [-0.3, -0.25) is 4.79 Å². The average molecular weight is 291 g/mol. The van der Waals surface area contributed by atoms with E-state index < -0.39 is 5.69 Å². The smallest absolute Gasteiger partial charge is 0.345 e. The van der Waals surface area contributed by atoms with Gasteiger partial charge in [0.05, 0.1) is 17.9 Å². The van der Waals surface area contributed by atoms with Crippen LogP contribution >= 0.6 is 11.8 Å². The third-order valence-electron chi connectivity index (χ3n) is 2.38. The molecule has 0 unspecified atom stereocenters. The quantitative estimate of drug-likeness (QED) is 0.644. The van der Waals surface area contributed by atoms with Gasteiger partial charge in [-0.2, -0.15) is 0 Å². The van der Waals surface area contributed by atoms with Crippen molar-refractivity contribution >= 4 is 23.4 Å². The molecular formula is C13H13N3O3S. The van der Waals surface area contributed by atoms with Gasteiger partial charge >= 0.3 is 5.69 Å². The number of H-pyrrole nitrogens is 1. The zero-order valence-corrected chi connectivity index (χ0v) is 11.6. The number of ether oxygens (including phenoxy) is 1. The van der Waals surface area contributed by atoms with Gasteiger partial charge in [0, 0.05) is 11.9 Å². The minimum atomic E-state index is -0.425. The molecule has 2 aromatic rings. The Kier molecular flexibility index (Phi) is 4.78. The fraction of sp³-hybridized carbons (Fsp3) is 0.154. The molecule has 1 aromatic carbocycles. The van der Waals surface area contributed by atoms with Gasteiger partial charge < -0.3 is 15.0 Å². The Balaban J connectivity index is 1.87. The number of hydrogen-bond acceptors (Lipinski definition) is 5. The molecule has 0 radical (unpaired) electrons. The first-order valence-electron chi connectivity index (χ1n) is 5.79. The molecule has 0 aliphatic heterocycles. The molecule has 0 saturated heterocycles. The van der Waals surface area contributed by atoms with Gasteiger partial charge in [0.15, 0.2) is 0 Å². The van der Waals surface area contributed by atoms with E-state index in [0.717, 1.165) is 5.75 Å². The van der Waals surface area contributed by atoms with Crippen molar-refractivity contribution in [3.8, 4) is 5.75 Å². The molecule has 1 amide bonds. The summed E-state index contributed by atoms with van der Waals surface area (Å²) in [6, 6.07) is 8.70. The van der Waals surface area contributed by atoms with Crippen molar-refractivity contribution in [2.24, 2.45) is 0 Å². The van der Waals surface area contributed by atoms with Crippen LogP contribution in [0.1, 0.15) is 0 Å². The fourth-order valence-corrected chi connectivity index (χ4v) is 2.13. The van der Waals surface area contributed by atoms with Crippen LogP contribution in [0.3, 0.4) is 0 Å². The van der Waals surface area contributed by atoms with E-state index in [9.17, 15) is 9.59 Å². The number of benzene rings is 1. The Morgan fingerprint density at radius 1 is 1.35 bits per heavy atom. The number of nitrogens with one attached hydrogen (secondary N) is 2. The van der Waals surface area contributed by atoms with Gasteiger partial charge in [-0.1, -0.05) is 11.8 Å². The lowest BCUT2D eigenvalue weighted by Gasteiger charge is -2.06. The molecule has 104 valence electrons. The van der Waals surface area contributed by atoms with Crippen LogP contribution in [0.5, 0.6) is 5.75 Å². The summed E-state index contributed by atoms with van der Waals surface area (Å²) in [7, 11) is 1.58. The van der Waals surface area contributed by atoms with Gasteiger partial charge in [0.2, 0.25) is 5.91 Å². The number of thioether (sulfide) groups is 1. The molecule has 0 spiro atoms. The SMILES string of the molecule is COc1ccc(NC(=O)CSc2ccnc(=O)[nH]2)cc1. The molecule has 0 bridgehead atoms. The monoisotopic (exact) mass is 291 g/mol. The highest BCUT2D eigenvalue weighted by Crippen LogP contribution is 2.16. The maximum absolute atomic E-state index is 11.8. The average Bonchev–Trinajstić information content (AvgIpc) is 2.46. The summed E-state index contributed by atoms with van der Waals surface area (Å²) in [4.78, 5) is 28.8. The van der Waals surface area contributed by atoms with Crippen LogP contribution in [0.15, 0.2) is 46.3 Å². The van der Waals surface area contributed by atoms with Crippen molar-refractivity contribution in [1.29, 1.82) is 0 Å². The normalized spacial score (nSPS) is 10.1. The fourth-order valence-electron chi connectivity index (χ4n) is 1.45. The molecule has 0 atom stereocenters. The maximum Gasteiger partial charge on any atom is 0.345 e. The molecule has 1 aromatic heterocycles. The standard InChI is InChI=1S/C13H13N3O3S/c1-19-10-4-2-9(3-5-10)15-11(17)8-20-12-6-7-14-13(18)16-12/h2-7H,8H2,1H3,(H,15,17)(H,14,16,18). The Hall–Kier alpha value is -2.28. The molecule has 6 nitrogen and oxygen atoms in total. The zero-order valence-electron chi connectivity index (χ0n) is 10.8. The van der Waals surface area contributed by atoms with Crippen molar-refractivity contribution in [3.05, 3.63) is 47.0 Å². The van der Waals surface area contributed by atoms with Crippen LogP contribution in [0, 0.1) is 0 Å². The van der Waals surface area contributed by atoms with Crippen molar-refractivity contribution in [2.45, 2.75) is 5.03 Å². The molecular weight excluding hydrogens is 278 g/mol. The second-order valence-corrected chi connectivity index (χ2v) is 4.82. The second-order valence-electron chi connectivity index (χ2n) is 3.80.